The van der Waals surface area contributed by atoms with Crippen molar-refractivity contribution >= 4 is 17.7 Å². The molecule has 0 atom stereocenters. The molecule has 0 saturated heterocycles. The van der Waals surface area contributed by atoms with Gasteiger partial charge in [0.1, 0.15) is 6.61 Å². The van der Waals surface area contributed by atoms with Crippen molar-refractivity contribution in [1.82, 2.24) is 4.90 Å². The lowest BCUT2D eigenvalue weighted by molar-refractivity contribution is 0.174. The van der Waals surface area contributed by atoms with E-state index in [0.29, 0.717) is 6.61 Å². The summed E-state index contributed by atoms with van der Waals surface area (Å²) in [6.45, 7) is 13.7. The van der Waals surface area contributed by atoms with Gasteiger partial charge in [-0.05, 0) is 70.9 Å². The molecule has 0 unspecified atom stereocenters. The van der Waals surface area contributed by atoms with Gasteiger partial charge in [0.15, 0.2) is 0 Å². The van der Waals surface area contributed by atoms with E-state index in [1.54, 1.807) is 0 Å². The molecule has 126 valence electrons. The van der Waals surface area contributed by atoms with Crippen LogP contribution < -0.4 is 0 Å². The highest BCUT2D eigenvalue weighted by Gasteiger charge is 2.07. The first-order chi connectivity index (χ1) is 10.8. The quantitative estimate of drug-likeness (QED) is 0.242. The molecule has 0 aliphatic heterocycles. The van der Waals surface area contributed by atoms with Crippen LogP contribution in [-0.4, -0.2) is 37.1 Å². The molecule has 0 saturated carbocycles. The largest absolute Gasteiger partial charge is 0.391 e. The van der Waals surface area contributed by atoms with Gasteiger partial charge in [0.05, 0.1) is 17.7 Å². The minimum atomic E-state index is 0.503. The predicted molar refractivity (Wildman–Crippen MR) is 100.0 cm³/mol. The Kier molecular flexibility index (Phi) is 7.52. The smallest absolute Gasteiger partial charge is 0.135 e. The van der Waals surface area contributed by atoms with E-state index in [-0.39, 0.29) is 0 Å². The molecule has 4 heteroatoms. The van der Waals surface area contributed by atoms with Crippen LogP contribution in [0.3, 0.4) is 0 Å². The second-order valence-corrected chi connectivity index (χ2v) is 6.03. The fourth-order valence-corrected chi connectivity index (χ4v) is 1.96. The Hall–Kier alpha value is -2.10. The van der Waals surface area contributed by atoms with Gasteiger partial charge < -0.3 is 9.74 Å². The van der Waals surface area contributed by atoms with E-state index in [2.05, 4.69) is 43.1 Å². The van der Waals surface area contributed by atoms with Gasteiger partial charge in [-0.1, -0.05) is 10.7 Å². The Labute approximate surface area is 140 Å². The van der Waals surface area contributed by atoms with Gasteiger partial charge in [-0.2, -0.15) is 0 Å². The molecule has 0 N–H and O–H groups in total. The third-order valence-corrected chi connectivity index (χ3v) is 3.59. The van der Waals surface area contributed by atoms with Gasteiger partial charge in [0.2, 0.25) is 0 Å². The Morgan fingerprint density at radius 1 is 1.17 bits per heavy atom. The van der Waals surface area contributed by atoms with Crippen LogP contribution in [0.15, 0.2) is 33.9 Å². The van der Waals surface area contributed by atoms with Crippen LogP contribution in [-0.2, 0) is 4.84 Å². The second-order valence-electron chi connectivity index (χ2n) is 6.03. The van der Waals surface area contributed by atoms with E-state index in [0.717, 1.165) is 34.6 Å². The predicted octanol–water partition coefficient (Wildman–Crippen LogP) is 4.62. The van der Waals surface area contributed by atoms with Crippen molar-refractivity contribution < 1.29 is 4.84 Å². The fourth-order valence-electron chi connectivity index (χ4n) is 1.96. The SMILES string of the molecule is CCN(C)C=Nc1cc(C)c(/C(C)=N/OCC=C(C)C)cc1C. The van der Waals surface area contributed by atoms with Crippen molar-refractivity contribution in [3.8, 4) is 0 Å². The van der Waals surface area contributed by atoms with Crippen LogP contribution in [0.25, 0.3) is 0 Å². The maximum Gasteiger partial charge on any atom is 0.135 e. The number of hydrogen-bond donors (Lipinski definition) is 0. The number of hydrogen-bond acceptors (Lipinski definition) is 3. The maximum atomic E-state index is 5.35. The fraction of sp³-hybridized carbons (Fsp3) is 0.474. The molecule has 0 aromatic heterocycles. The number of rotatable bonds is 7. The summed E-state index contributed by atoms with van der Waals surface area (Å²) < 4.78 is 0. The average Bonchev–Trinajstić information content (AvgIpc) is 2.51. The molecular weight excluding hydrogens is 286 g/mol. The molecule has 1 rings (SSSR count). The molecule has 0 aliphatic rings. The first-order valence-corrected chi connectivity index (χ1v) is 8.01. The molecule has 0 spiro atoms. The summed E-state index contributed by atoms with van der Waals surface area (Å²) in [5.74, 6) is 0. The highest BCUT2D eigenvalue weighted by atomic mass is 16.6. The number of nitrogens with zero attached hydrogens (tertiary/aromatic N) is 3. The molecular formula is C19H29N3O. The summed E-state index contributed by atoms with van der Waals surface area (Å²) in [7, 11) is 2.01. The standard InChI is InChI=1S/C19H29N3O/c1-8-22(7)13-20-19-12-15(4)18(11-16(19)5)17(6)21-23-10-9-14(2)3/h9,11-13H,8,10H2,1-7H3/b20-13?,21-17+. The maximum absolute atomic E-state index is 5.35. The van der Waals surface area contributed by atoms with E-state index >= 15 is 0 Å². The summed E-state index contributed by atoms with van der Waals surface area (Å²) in [5.41, 5.74) is 6.48. The van der Waals surface area contributed by atoms with Crippen LogP contribution in [0.5, 0.6) is 0 Å². The topological polar surface area (TPSA) is 37.2 Å². The van der Waals surface area contributed by atoms with Gasteiger partial charge in [-0.3, -0.25) is 0 Å². The zero-order valence-electron chi connectivity index (χ0n) is 15.5. The molecule has 0 aliphatic carbocycles. The van der Waals surface area contributed by atoms with E-state index < -0.39 is 0 Å². The highest BCUT2D eigenvalue weighted by molar-refractivity contribution is 6.00. The number of oxime groups is 1. The monoisotopic (exact) mass is 315 g/mol. The highest BCUT2D eigenvalue weighted by Crippen LogP contribution is 2.23. The molecule has 0 bridgehead atoms. The van der Waals surface area contributed by atoms with Crippen molar-refractivity contribution in [3.63, 3.8) is 0 Å². The lowest BCUT2D eigenvalue weighted by atomic mass is 10.0. The molecule has 1 aromatic rings. The molecule has 4 nitrogen and oxygen atoms in total. The first kappa shape index (κ1) is 18.9. The van der Waals surface area contributed by atoms with E-state index in [1.165, 1.54) is 5.57 Å². The summed E-state index contributed by atoms with van der Waals surface area (Å²) in [6, 6.07) is 4.22. The van der Waals surface area contributed by atoms with Gasteiger partial charge in [0.25, 0.3) is 0 Å². The normalized spacial score (nSPS) is 11.7. The minimum absolute atomic E-state index is 0.503. The van der Waals surface area contributed by atoms with Crippen molar-refractivity contribution in [3.05, 3.63) is 40.5 Å². The Morgan fingerprint density at radius 2 is 1.87 bits per heavy atom. The lowest BCUT2D eigenvalue weighted by Gasteiger charge is -2.11. The Morgan fingerprint density at radius 3 is 2.48 bits per heavy atom. The first-order valence-electron chi connectivity index (χ1n) is 8.01. The molecule has 0 amide bonds. The second kappa shape index (κ2) is 9.13. The van der Waals surface area contributed by atoms with Gasteiger partial charge in [-0.25, -0.2) is 4.99 Å². The van der Waals surface area contributed by atoms with Gasteiger partial charge in [-0.15, -0.1) is 0 Å². The van der Waals surface area contributed by atoms with E-state index in [1.807, 2.05) is 45.1 Å². The van der Waals surface area contributed by atoms with E-state index in [9.17, 15) is 0 Å². The summed E-state index contributed by atoms with van der Waals surface area (Å²) in [6.07, 6.45) is 3.88. The summed E-state index contributed by atoms with van der Waals surface area (Å²) >= 11 is 0. The molecule has 0 heterocycles. The van der Waals surface area contributed by atoms with Crippen molar-refractivity contribution in [1.29, 1.82) is 0 Å². The number of allylic oxidation sites excluding steroid dienone is 1. The van der Waals surface area contributed by atoms with E-state index in [4.69, 9.17) is 4.84 Å². The summed E-state index contributed by atoms with van der Waals surface area (Å²) in [5, 5.41) is 4.21. The molecule has 1 aromatic carbocycles. The molecule has 23 heavy (non-hydrogen) atoms. The van der Waals surface area contributed by atoms with Crippen LogP contribution >= 0.6 is 0 Å². The number of benzene rings is 1. The van der Waals surface area contributed by atoms with Gasteiger partial charge >= 0.3 is 0 Å². The number of aliphatic imine (C=N–C) groups is 1. The summed E-state index contributed by atoms with van der Waals surface area (Å²) in [4.78, 5) is 12.0. The van der Waals surface area contributed by atoms with Gasteiger partial charge in [0, 0.05) is 19.2 Å². The van der Waals surface area contributed by atoms with Crippen LogP contribution in [0.4, 0.5) is 5.69 Å². The van der Waals surface area contributed by atoms with Crippen molar-refractivity contribution in [2.75, 3.05) is 20.2 Å². The lowest BCUT2D eigenvalue weighted by Crippen LogP contribution is -2.14. The Balaban J connectivity index is 2.93. The van der Waals surface area contributed by atoms with Crippen LogP contribution in [0.2, 0.25) is 0 Å². The van der Waals surface area contributed by atoms with Crippen LogP contribution in [0.1, 0.15) is 44.4 Å². The van der Waals surface area contributed by atoms with Crippen molar-refractivity contribution in [2.24, 2.45) is 10.1 Å². The molecule has 0 fully saturated rings. The minimum Gasteiger partial charge on any atom is -0.391 e. The third kappa shape index (κ3) is 6.27. The third-order valence-electron chi connectivity index (χ3n) is 3.59. The Bertz CT molecular complexity index is 611. The number of aryl methyl sites for hydroxylation is 2. The molecule has 0 radical (unpaired) electrons. The van der Waals surface area contributed by atoms with Crippen LogP contribution in [0, 0.1) is 13.8 Å². The zero-order valence-corrected chi connectivity index (χ0v) is 15.5. The zero-order chi connectivity index (χ0) is 17.4. The average molecular weight is 315 g/mol. The van der Waals surface area contributed by atoms with Crippen molar-refractivity contribution in [2.45, 2.75) is 41.5 Å².